The van der Waals surface area contributed by atoms with Gasteiger partial charge in [0.2, 0.25) is 0 Å². The first-order chi connectivity index (χ1) is 11.4. The molecule has 6 heteroatoms. The lowest BCUT2D eigenvalue weighted by molar-refractivity contribution is 0.209. The van der Waals surface area contributed by atoms with E-state index >= 15 is 0 Å². The van der Waals surface area contributed by atoms with E-state index in [0.717, 1.165) is 37.3 Å². The van der Waals surface area contributed by atoms with Gasteiger partial charge in [0.25, 0.3) is 0 Å². The second-order valence-electron chi connectivity index (χ2n) is 7.90. The van der Waals surface area contributed by atoms with E-state index in [4.69, 9.17) is 0 Å². The molecule has 130 valence electrons. The van der Waals surface area contributed by atoms with Crippen LogP contribution >= 0.6 is 0 Å². The third kappa shape index (κ3) is 2.81. The van der Waals surface area contributed by atoms with Crippen molar-refractivity contribution in [2.45, 2.75) is 26.7 Å². The zero-order chi connectivity index (χ0) is 16.9. The van der Waals surface area contributed by atoms with E-state index in [9.17, 15) is 9.00 Å². The number of urea groups is 1. The van der Waals surface area contributed by atoms with Gasteiger partial charge in [-0.3, -0.25) is 0 Å². The summed E-state index contributed by atoms with van der Waals surface area (Å²) in [5.41, 5.74) is 1.92. The molecule has 4 rings (SSSR count). The predicted octanol–water partition coefficient (Wildman–Crippen LogP) is 3.70. The Balaban J connectivity index is 1.38. The highest BCUT2D eigenvalue weighted by Crippen LogP contribution is 2.61. The second kappa shape index (κ2) is 5.48. The van der Waals surface area contributed by atoms with Crippen molar-refractivity contribution in [3.8, 4) is 0 Å². The highest BCUT2D eigenvalue weighted by atomic mass is 32.2. The first kappa shape index (κ1) is 15.9. The number of hydrogen-bond acceptors (Lipinski definition) is 3. The normalized spacial score (nSPS) is 29.2. The standard InChI is InChI=1S/C18H25N3O2S/c1-18(2)15-11-21(12-16(15)18)17(22)19-13-5-7-14(8-6-13)20-24(23)9-3-4-10-24/h5-8,15-16H,3-4,9-12H2,1-2H3,(H,19,22). The molecule has 0 bridgehead atoms. The monoisotopic (exact) mass is 347 g/mol. The van der Waals surface area contributed by atoms with E-state index in [-0.39, 0.29) is 6.03 Å². The minimum absolute atomic E-state index is 0.0237. The fourth-order valence-electron chi connectivity index (χ4n) is 4.15. The number of rotatable bonds is 2. The third-order valence-electron chi connectivity index (χ3n) is 5.98. The lowest BCUT2D eigenvalue weighted by Crippen LogP contribution is -2.36. The number of benzene rings is 1. The summed E-state index contributed by atoms with van der Waals surface area (Å²) in [7, 11) is -2.04. The van der Waals surface area contributed by atoms with Crippen molar-refractivity contribution in [1.29, 1.82) is 0 Å². The molecule has 24 heavy (non-hydrogen) atoms. The van der Waals surface area contributed by atoms with Crippen molar-refractivity contribution < 1.29 is 9.00 Å². The van der Waals surface area contributed by atoms with Crippen LogP contribution in [0.5, 0.6) is 0 Å². The number of carbonyl (C=O) groups is 1. The zero-order valence-electron chi connectivity index (χ0n) is 14.3. The lowest BCUT2D eigenvalue weighted by atomic mass is 10.1. The Morgan fingerprint density at radius 2 is 1.75 bits per heavy atom. The Hall–Kier alpha value is -1.56. The largest absolute Gasteiger partial charge is 0.324 e. The van der Waals surface area contributed by atoms with Crippen LogP contribution in [0.1, 0.15) is 26.7 Å². The molecule has 1 N–H and O–H groups in total. The summed E-state index contributed by atoms with van der Waals surface area (Å²) in [5.74, 6) is 2.73. The third-order valence-corrected chi connectivity index (χ3v) is 8.37. The average molecular weight is 347 g/mol. The summed E-state index contributed by atoms with van der Waals surface area (Å²) in [6.45, 7) is 6.29. The van der Waals surface area contributed by atoms with Gasteiger partial charge in [-0.25, -0.2) is 9.00 Å². The molecular formula is C18H25N3O2S. The van der Waals surface area contributed by atoms with Crippen LogP contribution in [0.2, 0.25) is 0 Å². The quantitative estimate of drug-likeness (QED) is 0.887. The van der Waals surface area contributed by atoms with Gasteiger partial charge in [0.15, 0.2) is 0 Å². The Labute approximate surface area is 144 Å². The molecule has 1 aliphatic carbocycles. The van der Waals surface area contributed by atoms with Crippen molar-refractivity contribution >= 4 is 27.1 Å². The summed E-state index contributed by atoms with van der Waals surface area (Å²) < 4.78 is 16.9. The number of nitrogens with one attached hydrogen (secondary N) is 1. The first-order valence-electron chi connectivity index (χ1n) is 8.76. The van der Waals surface area contributed by atoms with Gasteiger partial charge in [0.1, 0.15) is 0 Å². The maximum Gasteiger partial charge on any atom is 0.321 e. The predicted molar refractivity (Wildman–Crippen MR) is 97.0 cm³/mol. The van der Waals surface area contributed by atoms with E-state index in [1.54, 1.807) is 0 Å². The van der Waals surface area contributed by atoms with E-state index < -0.39 is 9.73 Å². The van der Waals surface area contributed by atoms with Crippen LogP contribution in [0, 0.1) is 17.3 Å². The molecule has 3 fully saturated rings. The van der Waals surface area contributed by atoms with E-state index in [1.165, 1.54) is 0 Å². The van der Waals surface area contributed by atoms with Crippen LogP contribution in [-0.4, -0.2) is 39.7 Å². The number of fused-ring (bicyclic) bond motifs is 1. The summed E-state index contributed by atoms with van der Waals surface area (Å²) in [5, 5.41) is 2.96. The average Bonchev–Trinajstić information content (AvgIpc) is 2.99. The number of piperidine rings is 1. The van der Waals surface area contributed by atoms with Gasteiger partial charge < -0.3 is 10.2 Å². The zero-order valence-corrected chi connectivity index (χ0v) is 15.1. The van der Waals surface area contributed by atoms with Gasteiger partial charge >= 0.3 is 6.03 Å². The van der Waals surface area contributed by atoms with E-state index in [1.807, 2.05) is 29.2 Å². The number of hydrogen-bond donors (Lipinski definition) is 1. The van der Waals surface area contributed by atoms with Crippen LogP contribution in [0.15, 0.2) is 28.6 Å². The van der Waals surface area contributed by atoms with Crippen LogP contribution in [0.4, 0.5) is 16.2 Å². The minimum atomic E-state index is -2.04. The lowest BCUT2D eigenvalue weighted by Gasteiger charge is -2.22. The number of carbonyl (C=O) groups excluding carboxylic acids is 1. The second-order valence-corrected chi connectivity index (χ2v) is 10.4. The van der Waals surface area contributed by atoms with E-state index in [2.05, 4.69) is 23.5 Å². The molecule has 1 aromatic carbocycles. The Kier molecular flexibility index (Phi) is 3.64. The highest BCUT2D eigenvalue weighted by Gasteiger charge is 2.62. The van der Waals surface area contributed by atoms with Crippen LogP contribution in [0.25, 0.3) is 0 Å². The van der Waals surface area contributed by atoms with Gasteiger partial charge in [-0.2, -0.15) is 4.36 Å². The molecule has 1 saturated carbocycles. The van der Waals surface area contributed by atoms with Gasteiger partial charge in [-0.1, -0.05) is 13.8 Å². The fourth-order valence-corrected chi connectivity index (χ4v) is 6.35. The molecular weight excluding hydrogens is 322 g/mol. The summed E-state index contributed by atoms with van der Waals surface area (Å²) in [4.78, 5) is 14.3. The number of likely N-dealkylation sites (tertiary alicyclic amines) is 1. The van der Waals surface area contributed by atoms with Crippen LogP contribution < -0.4 is 5.32 Å². The molecule has 2 amide bonds. The molecule has 5 nitrogen and oxygen atoms in total. The molecule has 0 aromatic heterocycles. The Morgan fingerprint density at radius 3 is 2.33 bits per heavy atom. The van der Waals surface area contributed by atoms with Crippen molar-refractivity contribution in [3.63, 3.8) is 0 Å². The van der Waals surface area contributed by atoms with Crippen molar-refractivity contribution in [2.24, 2.45) is 21.6 Å². The fraction of sp³-hybridized carbons (Fsp3) is 0.611. The van der Waals surface area contributed by atoms with Gasteiger partial charge in [-0.15, -0.1) is 0 Å². The van der Waals surface area contributed by atoms with Crippen LogP contribution in [0.3, 0.4) is 0 Å². The maximum atomic E-state index is 12.4. The molecule has 2 aliphatic heterocycles. The molecule has 1 aromatic rings. The smallest absolute Gasteiger partial charge is 0.321 e. The van der Waals surface area contributed by atoms with Crippen molar-refractivity contribution in [1.82, 2.24) is 4.90 Å². The van der Waals surface area contributed by atoms with Gasteiger partial charge in [0, 0.05) is 30.3 Å². The molecule has 3 aliphatic rings. The molecule has 2 heterocycles. The summed E-state index contributed by atoms with van der Waals surface area (Å²) in [6.07, 6.45) is 2.01. The Morgan fingerprint density at radius 1 is 1.17 bits per heavy atom. The molecule has 0 radical (unpaired) electrons. The Bertz CT molecular complexity index is 752. The SMILES string of the molecule is CC1(C)C2CN(C(=O)Nc3ccc(N=S4(=O)CCCC4)cc3)CC21. The van der Waals surface area contributed by atoms with Gasteiger partial charge in [-0.05, 0) is 54.4 Å². The highest BCUT2D eigenvalue weighted by molar-refractivity contribution is 7.93. The minimum Gasteiger partial charge on any atom is -0.324 e. The van der Waals surface area contributed by atoms with Crippen LogP contribution in [-0.2, 0) is 9.73 Å². The molecule has 2 unspecified atom stereocenters. The number of amides is 2. The summed E-state index contributed by atoms with van der Waals surface area (Å²) in [6, 6.07) is 7.34. The van der Waals surface area contributed by atoms with Crippen molar-refractivity contribution in [3.05, 3.63) is 24.3 Å². The van der Waals surface area contributed by atoms with Crippen molar-refractivity contribution in [2.75, 3.05) is 29.9 Å². The molecule has 2 saturated heterocycles. The number of anilines is 1. The molecule has 2 atom stereocenters. The number of nitrogens with zero attached hydrogens (tertiary/aromatic N) is 2. The van der Waals surface area contributed by atoms with Gasteiger partial charge in [0.05, 0.1) is 15.4 Å². The first-order valence-corrected chi connectivity index (χ1v) is 10.6. The van der Waals surface area contributed by atoms with E-state index in [0.29, 0.717) is 28.8 Å². The maximum absolute atomic E-state index is 12.4. The molecule has 0 spiro atoms. The summed E-state index contributed by atoms with van der Waals surface area (Å²) >= 11 is 0. The topological polar surface area (TPSA) is 61.8 Å².